The molecular formula is C18H22O6. The molecule has 6 heteroatoms. The van der Waals surface area contributed by atoms with Crippen molar-refractivity contribution < 1.29 is 28.5 Å². The maximum Gasteiger partial charge on any atom is 0.344 e. The van der Waals surface area contributed by atoms with E-state index < -0.39 is 11.9 Å². The summed E-state index contributed by atoms with van der Waals surface area (Å²) in [7, 11) is 0. The molecule has 1 aliphatic rings. The number of carbonyl (C=O) groups excluding carboxylic acids is 2. The molecule has 0 saturated heterocycles. The summed E-state index contributed by atoms with van der Waals surface area (Å²) in [5, 5.41) is 0. The van der Waals surface area contributed by atoms with Crippen molar-refractivity contribution in [3.63, 3.8) is 0 Å². The number of allylic oxidation sites excluding steroid dienone is 2. The van der Waals surface area contributed by atoms with Gasteiger partial charge in [0.25, 0.3) is 0 Å². The van der Waals surface area contributed by atoms with Crippen molar-refractivity contribution in [1.82, 2.24) is 0 Å². The lowest BCUT2D eigenvalue weighted by Gasteiger charge is -2.20. The molecule has 0 aromatic heterocycles. The van der Waals surface area contributed by atoms with Crippen LogP contribution in [0.15, 0.2) is 24.3 Å². The van der Waals surface area contributed by atoms with E-state index in [9.17, 15) is 9.59 Å². The Morgan fingerprint density at radius 2 is 1.25 bits per heavy atom. The summed E-state index contributed by atoms with van der Waals surface area (Å²) in [5.41, 5.74) is 1.92. The van der Waals surface area contributed by atoms with Crippen LogP contribution in [-0.4, -0.2) is 38.4 Å². The van der Waals surface area contributed by atoms with Crippen molar-refractivity contribution >= 4 is 11.9 Å². The van der Waals surface area contributed by atoms with E-state index >= 15 is 0 Å². The van der Waals surface area contributed by atoms with Crippen molar-refractivity contribution in [3.8, 4) is 11.5 Å². The summed E-state index contributed by atoms with van der Waals surface area (Å²) < 4.78 is 20.9. The zero-order valence-corrected chi connectivity index (χ0v) is 14.0. The van der Waals surface area contributed by atoms with Gasteiger partial charge in [-0.3, -0.25) is 0 Å². The Balaban J connectivity index is 2.09. The Hall–Kier alpha value is -2.50. The van der Waals surface area contributed by atoms with Crippen molar-refractivity contribution in [3.05, 3.63) is 35.4 Å². The molecule has 1 aromatic carbocycles. The SMILES string of the molecule is CCOC(=O)COc1ccc(OCC(=O)OCC)c2c1CC=CC2. The monoisotopic (exact) mass is 334 g/mol. The van der Waals surface area contributed by atoms with Gasteiger partial charge in [0.15, 0.2) is 13.2 Å². The predicted molar refractivity (Wildman–Crippen MR) is 87.2 cm³/mol. The standard InChI is InChI=1S/C18H22O6/c1-3-21-17(19)11-23-15-9-10-16(24-12-18(20)22-4-2)14-8-6-5-7-13(14)15/h5-6,9-10H,3-4,7-8,11-12H2,1-2H3. The lowest BCUT2D eigenvalue weighted by atomic mass is 9.95. The lowest BCUT2D eigenvalue weighted by molar-refractivity contribution is -0.146. The number of hydrogen-bond acceptors (Lipinski definition) is 6. The van der Waals surface area contributed by atoms with E-state index in [-0.39, 0.29) is 13.2 Å². The molecule has 0 fully saturated rings. The second-order valence-corrected chi connectivity index (χ2v) is 5.09. The molecule has 0 amide bonds. The Morgan fingerprint density at radius 3 is 1.62 bits per heavy atom. The van der Waals surface area contributed by atoms with E-state index in [0.717, 1.165) is 11.1 Å². The number of esters is 2. The van der Waals surface area contributed by atoms with E-state index in [1.165, 1.54) is 0 Å². The predicted octanol–water partition coefficient (Wildman–Crippen LogP) is 2.23. The summed E-state index contributed by atoms with van der Waals surface area (Å²) in [4.78, 5) is 22.9. The molecule has 1 aromatic rings. The Labute approximate surface area is 141 Å². The minimum atomic E-state index is -0.403. The molecule has 0 heterocycles. The molecule has 0 unspecified atom stereocenters. The number of benzene rings is 1. The normalized spacial score (nSPS) is 12.2. The minimum absolute atomic E-state index is 0.132. The smallest absolute Gasteiger partial charge is 0.344 e. The number of fused-ring (bicyclic) bond motifs is 1. The summed E-state index contributed by atoms with van der Waals surface area (Å²) in [6, 6.07) is 3.50. The number of carbonyl (C=O) groups is 2. The first-order chi connectivity index (χ1) is 11.7. The van der Waals surface area contributed by atoms with Gasteiger partial charge in [-0.05, 0) is 38.8 Å². The fourth-order valence-electron chi connectivity index (χ4n) is 2.45. The van der Waals surface area contributed by atoms with Crippen LogP contribution in [0.25, 0.3) is 0 Å². The fraction of sp³-hybridized carbons (Fsp3) is 0.444. The van der Waals surface area contributed by atoms with E-state index in [4.69, 9.17) is 18.9 Å². The Kier molecular flexibility index (Phi) is 6.66. The van der Waals surface area contributed by atoms with Crippen molar-refractivity contribution in [2.24, 2.45) is 0 Å². The molecule has 24 heavy (non-hydrogen) atoms. The second-order valence-electron chi connectivity index (χ2n) is 5.09. The number of hydrogen-bond donors (Lipinski definition) is 0. The van der Waals surface area contributed by atoms with Gasteiger partial charge >= 0.3 is 11.9 Å². The van der Waals surface area contributed by atoms with Crippen molar-refractivity contribution in [2.45, 2.75) is 26.7 Å². The fourth-order valence-corrected chi connectivity index (χ4v) is 2.45. The first kappa shape index (κ1) is 17.8. The third-order valence-corrected chi connectivity index (χ3v) is 3.46. The third-order valence-electron chi connectivity index (χ3n) is 3.46. The highest BCUT2D eigenvalue weighted by Gasteiger charge is 2.18. The maximum absolute atomic E-state index is 11.5. The van der Waals surface area contributed by atoms with Crippen LogP contribution >= 0.6 is 0 Å². The summed E-state index contributed by atoms with van der Waals surface area (Å²) in [6.07, 6.45) is 5.44. The van der Waals surface area contributed by atoms with Crippen LogP contribution in [0.1, 0.15) is 25.0 Å². The van der Waals surface area contributed by atoms with Gasteiger partial charge in [-0.25, -0.2) is 9.59 Å². The zero-order valence-electron chi connectivity index (χ0n) is 14.0. The van der Waals surface area contributed by atoms with E-state index in [0.29, 0.717) is 37.6 Å². The van der Waals surface area contributed by atoms with Gasteiger partial charge in [-0.15, -0.1) is 0 Å². The largest absolute Gasteiger partial charge is 0.482 e. The second kappa shape index (κ2) is 8.96. The molecule has 0 bridgehead atoms. The highest BCUT2D eigenvalue weighted by Crippen LogP contribution is 2.34. The zero-order chi connectivity index (χ0) is 17.4. The van der Waals surface area contributed by atoms with Crippen LogP contribution in [0.5, 0.6) is 11.5 Å². The van der Waals surface area contributed by atoms with Crippen LogP contribution in [0, 0.1) is 0 Å². The Morgan fingerprint density at radius 1 is 0.833 bits per heavy atom. The van der Waals surface area contributed by atoms with Gasteiger partial charge in [-0.1, -0.05) is 12.2 Å². The molecule has 130 valence electrons. The molecule has 0 saturated carbocycles. The van der Waals surface area contributed by atoms with Crippen LogP contribution in [0.2, 0.25) is 0 Å². The summed E-state index contributed by atoms with van der Waals surface area (Å²) in [5.74, 6) is 0.456. The van der Waals surface area contributed by atoms with Gasteiger partial charge in [0.2, 0.25) is 0 Å². The molecule has 2 rings (SSSR count). The first-order valence-electron chi connectivity index (χ1n) is 8.02. The van der Waals surface area contributed by atoms with Crippen LogP contribution in [0.3, 0.4) is 0 Å². The van der Waals surface area contributed by atoms with Crippen LogP contribution in [-0.2, 0) is 31.9 Å². The quantitative estimate of drug-likeness (QED) is 0.536. The average Bonchev–Trinajstić information content (AvgIpc) is 2.59. The third kappa shape index (κ3) is 4.75. The van der Waals surface area contributed by atoms with Gasteiger partial charge in [0.05, 0.1) is 13.2 Å². The highest BCUT2D eigenvalue weighted by molar-refractivity contribution is 5.72. The molecular weight excluding hydrogens is 312 g/mol. The molecule has 6 nitrogen and oxygen atoms in total. The molecule has 0 aliphatic heterocycles. The highest BCUT2D eigenvalue weighted by atomic mass is 16.6. The average molecular weight is 334 g/mol. The van der Waals surface area contributed by atoms with Gasteiger partial charge < -0.3 is 18.9 Å². The summed E-state index contributed by atoms with van der Waals surface area (Å²) in [6.45, 7) is 3.88. The van der Waals surface area contributed by atoms with Gasteiger partial charge in [0.1, 0.15) is 11.5 Å². The molecule has 0 atom stereocenters. The molecule has 0 radical (unpaired) electrons. The summed E-state index contributed by atoms with van der Waals surface area (Å²) >= 11 is 0. The van der Waals surface area contributed by atoms with Gasteiger partial charge in [0, 0.05) is 11.1 Å². The van der Waals surface area contributed by atoms with Gasteiger partial charge in [-0.2, -0.15) is 0 Å². The Bertz CT molecular complexity index is 567. The molecule has 1 aliphatic carbocycles. The van der Waals surface area contributed by atoms with E-state index in [2.05, 4.69) is 0 Å². The molecule has 0 N–H and O–H groups in total. The molecule has 0 spiro atoms. The number of ether oxygens (including phenoxy) is 4. The van der Waals surface area contributed by atoms with Crippen molar-refractivity contribution in [2.75, 3.05) is 26.4 Å². The topological polar surface area (TPSA) is 71.1 Å². The first-order valence-corrected chi connectivity index (χ1v) is 8.02. The number of rotatable bonds is 8. The van der Waals surface area contributed by atoms with E-state index in [1.807, 2.05) is 12.2 Å². The maximum atomic E-state index is 11.5. The van der Waals surface area contributed by atoms with E-state index in [1.54, 1.807) is 26.0 Å². The lowest BCUT2D eigenvalue weighted by Crippen LogP contribution is -2.17. The van der Waals surface area contributed by atoms with Crippen molar-refractivity contribution in [1.29, 1.82) is 0 Å². The van der Waals surface area contributed by atoms with Crippen LogP contribution in [0.4, 0.5) is 0 Å². The van der Waals surface area contributed by atoms with Crippen LogP contribution < -0.4 is 9.47 Å². The minimum Gasteiger partial charge on any atom is -0.482 e.